The van der Waals surface area contributed by atoms with Crippen molar-refractivity contribution in [2.45, 2.75) is 39.3 Å². The van der Waals surface area contributed by atoms with E-state index in [1.54, 1.807) is 0 Å². The molecule has 0 aliphatic heterocycles. The summed E-state index contributed by atoms with van der Waals surface area (Å²) in [5, 5.41) is 14.5. The van der Waals surface area contributed by atoms with Crippen LogP contribution < -0.4 is 11.1 Å². The van der Waals surface area contributed by atoms with Crippen LogP contribution in [0.25, 0.3) is 0 Å². The average molecular weight is 203 g/mol. The summed E-state index contributed by atoms with van der Waals surface area (Å²) in [6.45, 7) is 7.43. The molecule has 0 aromatic rings. The van der Waals surface area contributed by atoms with Gasteiger partial charge in [0.15, 0.2) is 0 Å². The molecule has 0 heterocycles. The summed E-state index contributed by atoms with van der Waals surface area (Å²) < 4.78 is 5.35. The van der Waals surface area contributed by atoms with Gasteiger partial charge in [-0.3, -0.25) is 0 Å². The normalized spacial score (nSPS) is 14.7. The fourth-order valence-corrected chi connectivity index (χ4v) is 1.03. The zero-order valence-corrected chi connectivity index (χ0v) is 9.16. The summed E-state index contributed by atoms with van der Waals surface area (Å²) in [6.07, 6.45) is 0.800. The van der Waals surface area contributed by atoms with Crippen molar-refractivity contribution in [3.8, 4) is 0 Å². The first-order valence-corrected chi connectivity index (χ1v) is 4.87. The van der Waals surface area contributed by atoms with Gasteiger partial charge in [-0.2, -0.15) is 0 Å². The number of rotatable bonds is 7. The molecule has 0 aliphatic carbocycles. The standard InChI is InChI=1S/C9H21N3O2/c1-7(2)14-5-4-11-8(3)6-9(10)12-13/h7-8,11,13H,4-6H2,1-3H3,(H2,10,12). The highest BCUT2D eigenvalue weighted by Gasteiger charge is 2.03. The molecule has 0 spiro atoms. The van der Waals surface area contributed by atoms with Gasteiger partial charge in [0.1, 0.15) is 5.84 Å². The van der Waals surface area contributed by atoms with Crippen molar-refractivity contribution in [2.24, 2.45) is 10.9 Å². The minimum atomic E-state index is 0.196. The van der Waals surface area contributed by atoms with E-state index in [9.17, 15) is 0 Å². The molecule has 1 atom stereocenters. The van der Waals surface area contributed by atoms with Crippen LogP contribution in [0.4, 0.5) is 0 Å². The molecule has 0 aromatic carbocycles. The zero-order valence-electron chi connectivity index (χ0n) is 9.16. The molecule has 0 radical (unpaired) electrons. The van der Waals surface area contributed by atoms with E-state index in [1.807, 2.05) is 20.8 Å². The second-order valence-corrected chi connectivity index (χ2v) is 3.57. The maximum Gasteiger partial charge on any atom is 0.140 e. The Morgan fingerprint density at radius 2 is 2.14 bits per heavy atom. The molecule has 0 amide bonds. The molecular weight excluding hydrogens is 182 g/mol. The zero-order chi connectivity index (χ0) is 11.0. The first-order chi connectivity index (χ1) is 6.56. The fourth-order valence-electron chi connectivity index (χ4n) is 1.03. The van der Waals surface area contributed by atoms with Gasteiger partial charge in [0.05, 0.1) is 12.7 Å². The van der Waals surface area contributed by atoms with Gasteiger partial charge in [-0.1, -0.05) is 5.16 Å². The number of oxime groups is 1. The van der Waals surface area contributed by atoms with Crippen molar-refractivity contribution in [3.63, 3.8) is 0 Å². The predicted molar refractivity (Wildman–Crippen MR) is 56.6 cm³/mol. The van der Waals surface area contributed by atoms with Crippen LogP contribution in [0.5, 0.6) is 0 Å². The van der Waals surface area contributed by atoms with E-state index < -0.39 is 0 Å². The molecule has 14 heavy (non-hydrogen) atoms. The van der Waals surface area contributed by atoms with E-state index in [0.29, 0.717) is 13.0 Å². The van der Waals surface area contributed by atoms with E-state index in [0.717, 1.165) is 6.54 Å². The smallest absolute Gasteiger partial charge is 0.140 e. The highest BCUT2D eigenvalue weighted by molar-refractivity contribution is 5.80. The Balaban J connectivity index is 3.40. The molecule has 0 fully saturated rings. The van der Waals surface area contributed by atoms with E-state index in [-0.39, 0.29) is 18.0 Å². The predicted octanol–water partition coefficient (Wildman–Crippen LogP) is 0.526. The summed E-state index contributed by atoms with van der Waals surface area (Å²) in [4.78, 5) is 0. The first-order valence-electron chi connectivity index (χ1n) is 4.87. The van der Waals surface area contributed by atoms with E-state index in [2.05, 4.69) is 10.5 Å². The third-order valence-electron chi connectivity index (χ3n) is 1.69. The van der Waals surface area contributed by atoms with Crippen molar-refractivity contribution in [1.29, 1.82) is 0 Å². The molecule has 0 aliphatic rings. The minimum absolute atomic E-state index is 0.196. The van der Waals surface area contributed by atoms with Crippen LogP contribution in [0.3, 0.4) is 0 Å². The summed E-state index contributed by atoms with van der Waals surface area (Å²) >= 11 is 0. The number of amidine groups is 1. The lowest BCUT2D eigenvalue weighted by Gasteiger charge is -2.13. The van der Waals surface area contributed by atoms with Crippen LogP contribution >= 0.6 is 0 Å². The summed E-state index contributed by atoms with van der Waals surface area (Å²) in [5.41, 5.74) is 5.36. The van der Waals surface area contributed by atoms with E-state index in [1.165, 1.54) is 0 Å². The highest BCUT2D eigenvalue weighted by atomic mass is 16.5. The Morgan fingerprint density at radius 1 is 1.50 bits per heavy atom. The van der Waals surface area contributed by atoms with Crippen molar-refractivity contribution in [2.75, 3.05) is 13.2 Å². The first kappa shape index (κ1) is 13.2. The van der Waals surface area contributed by atoms with E-state index in [4.69, 9.17) is 15.7 Å². The maximum absolute atomic E-state index is 8.34. The van der Waals surface area contributed by atoms with Gasteiger partial charge in [0, 0.05) is 19.0 Å². The van der Waals surface area contributed by atoms with Crippen molar-refractivity contribution in [1.82, 2.24) is 5.32 Å². The summed E-state index contributed by atoms with van der Waals surface area (Å²) in [5.74, 6) is 0.245. The van der Waals surface area contributed by atoms with Crippen LogP contribution in [0.2, 0.25) is 0 Å². The lowest BCUT2D eigenvalue weighted by molar-refractivity contribution is 0.0797. The van der Waals surface area contributed by atoms with Gasteiger partial charge in [-0.05, 0) is 20.8 Å². The van der Waals surface area contributed by atoms with Crippen molar-refractivity contribution >= 4 is 5.84 Å². The Hall–Kier alpha value is -0.810. The molecule has 1 unspecified atom stereocenters. The fraction of sp³-hybridized carbons (Fsp3) is 0.889. The number of hydrogen-bond acceptors (Lipinski definition) is 4. The van der Waals surface area contributed by atoms with Crippen LogP contribution in [-0.2, 0) is 4.74 Å². The second kappa shape index (κ2) is 7.58. The van der Waals surface area contributed by atoms with Crippen LogP contribution in [-0.4, -0.2) is 36.3 Å². The summed E-state index contributed by atoms with van der Waals surface area (Å²) in [7, 11) is 0. The Bertz CT molecular complexity index is 171. The largest absolute Gasteiger partial charge is 0.409 e. The lowest BCUT2D eigenvalue weighted by atomic mass is 10.2. The minimum Gasteiger partial charge on any atom is -0.409 e. The Labute approximate surface area is 85.3 Å². The number of nitrogens with two attached hydrogens (primary N) is 1. The van der Waals surface area contributed by atoms with Crippen LogP contribution in [0, 0.1) is 0 Å². The highest BCUT2D eigenvalue weighted by Crippen LogP contribution is 1.91. The number of nitrogens with one attached hydrogen (secondary N) is 1. The quantitative estimate of drug-likeness (QED) is 0.185. The van der Waals surface area contributed by atoms with Crippen molar-refractivity contribution < 1.29 is 9.94 Å². The van der Waals surface area contributed by atoms with Crippen LogP contribution in [0.15, 0.2) is 5.16 Å². The van der Waals surface area contributed by atoms with Gasteiger partial charge < -0.3 is 21.0 Å². The molecule has 0 saturated carbocycles. The summed E-state index contributed by atoms with van der Waals surface area (Å²) in [6, 6.07) is 0.196. The molecule has 0 bridgehead atoms. The molecule has 0 rings (SSSR count). The maximum atomic E-state index is 8.34. The average Bonchev–Trinajstić information content (AvgIpc) is 2.12. The SMILES string of the molecule is CC(CC(N)=NO)NCCOC(C)C. The lowest BCUT2D eigenvalue weighted by Crippen LogP contribution is -2.33. The van der Waals surface area contributed by atoms with Crippen molar-refractivity contribution in [3.05, 3.63) is 0 Å². The molecule has 4 N–H and O–H groups in total. The van der Waals surface area contributed by atoms with Gasteiger partial charge in [-0.15, -0.1) is 0 Å². The third-order valence-corrected chi connectivity index (χ3v) is 1.69. The molecule has 0 aromatic heterocycles. The molecule has 5 heteroatoms. The molecular formula is C9H21N3O2. The Morgan fingerprint density at radius 3 is 2.64 bits per heavy atom. The second-order valence-electron chi connectivity index (χ2n) is 3.57. The van der Waals surface area contributed by atoms with Gasteiger partial charge >= 0.3 is 0 Å². The molecule has 0 saturated heterocycles. The Kier molecular flexibility index (Phi) is 7.14. The molecule has 5 nitrogen and oxygen atoms in total. The van der Waals surface area contributed by atoms with Crippen LogP contribution in [0.1, 0.15) is 27.2 Å². The third kappa shape index (κ3) is 7.82. The van der Waals surface area contributed by atoms with Gasteiger partial charge in [-0.25, -0.2) is 0 Å². The number of nitrogens with zero attached hydrogens (tertiary/aromatic N) is 1. The van der Waals surface area contributed by atoms with Gasteiger partial charge in [0.2, 0.25) is 0 Å². The molecule has 84 valence electrons. The van der Waals surface area contributed by atoms with Gasteiger partial charge in [0.25, 0.3) is 0 Å². The number of hydrogen-bond donors (Lipinski definition) is 3. The number of ether oxygens (including phenoxy) is 1. The topological polar surface area (TPSA) is 79.9 Å². The van der Waals surface area contributed by atoms with E-state index >= 15 is 0 Å². The monoisotopic (exact) mass is 203 g/mol.